The minimum atomic E-state index is 1.08. The SMILES string of the molecule is c1ccc(-c2ccc(N(c3ccccc3)c3ccc(-c4ccc(N(c5ccc(-c6ccc(N(c7ccccc7)c7ccc(-c8ccccc8)cc7)cc6)cc5)c5ccc6ccccc6c5)cc4)cc3)cc2)cc1. The lowest BCUT2D eigenvalue weighted by molar-refractivity contribution is 1.28. The van der Waals surface area contributed by atoms with E-state index in [4.69, 9.17) is 0 Å². The Balaban J connectivity index is 0.821. The summed E-state index contributed by atoms with van der Waals surface area (Å²) in [6, 6.07) is 111. The first-order valence-electron chi connectivity index (χ1n) is 24.9. The Morgan fingerprint density at radius 3 is 0.644 bits per heavy atom. The van der Waals surface area contributed by atoms with Gasteiger partial charge >= 0.3 is 0 Å². The predicted octanol–water partition coefficient (Wildman–Crippen LogP) is 19.9. The van der Waals surface area contributed by atoms with Gasteiger partial charge in [-0.2, -0.15) is 0 Å². The number of para-hydroxylation sites is 2. The van der Waals surface area contributed by atoms with Crippen molar-refractivity contribution in [1.29, 1.82) is 0 Å². The van der Waals surface area contributed by atoms with Crippen molar-refractivity contribution in [3.63, 3.8) is 0 Å². The monoisotopic (exact) mass is 933 g/mol. The molecule has 0 N–H and O–H groups in total. The van der Waals surface area contributed by atoms with E-state index in [1.807, 2.05) is 0 Å². The van der Waals surface area contributed by atoms with Crippen LogP contribution in [0.15, 0.2) is 309 Å². The first-order valence-corrected chi connectivity index (χ1v) is 24.9. The molecule has 12 aromatic carbocycles. The Morgan fingerprint density at radius 2 is 0.342 bits per heavy atom. The molecular weight excluding hydrogens is 883 g/mol. The number of hydrogen-bond donors (Lipinski definition) is 0. The van der Waals surface area contributed by atoms with Crippen molar-refractivity contribution in [3.8, 4) is 44.5 Å². The average molecular weight is 934 g/mol. The third-order valence-electron chi connectivity index (χ3n) is 13.7. The molecule has 0 atom stereocenters. The molecule has 0 bridgehead atoms. The fourth-order valence-corrected chi connectivity index (χ4v) is 9.89. The number of fused-ring (bicyclic) bond motifs is 1. The van der Waals surface area contributed by atoms with Gasteiger partial charge in [0.2, 0.25) is 0 Å². The largest absolute Gasteiger partial charge is 0.311 e. The van der Waals surface area contributed by atoms with Gasteiger partial charge < -0.3 is 14.7 Å². The zero-order chi connectivity index (χ0) is 48.8. The number of hydrogen-bond acceptors (Lipinski definition) is 3. The molecule has 0 saturated heterocycles. The summed E-state index contributed by atoms with van der Waals surface area (Å²) in [5, 5.41) is 2.42. The number of rotatable bonds is 13. The highest BCUT2D eigenvalue weighted by atomic mass is 15.2. The van der Waals surface area contributed by atoms with Crippen molar-refractivity contribution >= 4 is 62.0 Å². The lowest BCUT2D eigenvalue weighted by atomic mass is 10.0. The minimum Gasteiger partial charge on any atom is -0.311 e. The second kappa shape index (κ2) is 20.3. The summed E-state index contributed by atoms with van der Waals surface area (Å²) < 4.78 is 0. The Hall–Kier alpha value is -9.70. The van der Waals surface area contributed by atoms with Crippen molar-refractivity contribution in [3.05, 3.63) is 309 Å². The van der Waals surface area contributed by atoms with Gasteiger partial charge in [0.1, 0.15) is 0 Å². The van der Waals surface area contributed by atoms with Gasteiger partial charge in [-0.25, -0.2) is 0 Å². The molecule has 3 heteroatoms. The molecule has 0 aliphatic rings. The van der Waals surface area contributed by atoms with Crippen LogP contribution in [0.25, 0.3) is 55.3 Å². The van der Waals surface area contributed by atoms with Crippen LogP contribution >= 0.6 is 0 Å². The van der Waals surface area contributed by atoms with E-state index < -0.39 is 0 Å². The number of anilines is 9. The van der Waals surface area contributed by atoms with Crippen molar-refractivity contribution in [2.75, 3.05) is 14.7 Å². The summed E-state index contributed by atoms with van der Waals surface area (Å²) in [7, 11) is 0. The predicted molar refractivity (Wildman–Crippen MR) is 310 cm³/mol. The van der Waals surface area contributed by atoms with Crippen LogP contribution in [-0.4, -0.2) is 0 Å². The van der Waals surface area contributed by atoms with Gasteiger partial charge in [0.25, 0.3) is 0 Å². The maximum absolute atomic E-state index is 2.35. The van der Waals surface area contributed by atoms with Crippen LogP contribution in [0, 0.1) is 0 Å². The molecule has 0 radical (unpaired) electrons. The van der Waals surface area contributed by atoms with Crippen LogP contribution in [0.5, 0.6) is 0 Å². The normalized spacial score (nSPS) is 11.0. The Morgan fingerprint density at radius 1 is 0.137 bits per heavy atom. The van der Waals surface area contributed by atoms with E-state index in [1.54, 1.807) is 0 Å². The van der Waals surface area contributed by atoms with E-state index in [1.165, 1.54) is 33.0 Å². The topological polar surface area (TPSA) is 9.72 Å². The van der Waals surface area contributed by atoms with Gasteiger partial charge in [0.05, 0.1) is 0 Å². The second-order valence-corrected chi connectivity index (χ2v) is 18.2. The molecule has 3 nitrogen and oxygen atoms in total. The first kappa shape index (κ1) is 44.5. The fourth-order valence-electron chi connectivity index (χ4n) is 9.89. The van der Waals surface area contributed by atoms with Gasteiger partial charge in [-0.1, -0.05) is 200 Å². The lowest BCUT2D eigenvalue weighted by Gasteiger charge is -2.27. The smallest absolute Gasteiger partial charge is 0.0468 e. The van der Waals surface area contributed by atoms with Crippen molar-refractivity contribution < 1.29 is 0 Å². The summed E-state index contributed by atoms with van der Waals surface area (Å²) in [6.07, 6.45) is 0. The van der Waals surface area contributed by atoms with E-state index in [2.05, 4.69) is 324 Å². The van der Waals surface area contributed by atoms with Gasteiger partial charge in [0, 0.05) is 51.2 Å². The van der Waals surface area contributed by atoms with E-state index in [0.29, 0.717) is 0 Å². The quantitative estimate of drug-likeness (QED) is 0.114. The maximum atomic E-state index is 2.35. The van der Waals surface area contributed by atoms with Crippen LogP contribution in [-0.2, 0) is 0 Å². The molecule has 73 heavy (non-hydrogen) atoms. The standard InChI is InChI=1S/C70H51N3/c1-5-15-52(16-6-1)55-25-38-64(39-26-55)71(62-21-9-3-10-22-62)66-42-29-57(30-43-66)59-33-46-68(47-34-59)73(70-50-37-54-19-13-14-20-61(54)51-70)69-48-35-60(36-49-69)58-31-44-67(45-32-58)72(63-23-11-4-12-24-63)65-40-27-56(28-41-65)53-17-7-2-8-18-53/h1-51H. The Labute approximate surface area is 428 Å². The van der Waals surface area contributed by atoms with E-state index >= 15 is 0 Å². The molecule has 0 saturated carbocycles. The van der Waals surface area contributed by atoms with Crippen molar-refractivity contribution in [2.24, 2.45) is 0 Å². The van der Waals surface area contributed by atoms with E-state index in [0.717, 1.165) is 73.4 Å². The van der Waals surface area contributed by atoms with E-state index in [9.17, 15) is 0 Å². The van der Waals surface area contributed by atoms with Gasteiger partial charge in [-0.3, -0.25) is 0 Å². The van der Waals surface area contributed by atoms with E-state index in [-0.39, 0.29) is 0 Å². The van der Waals surface area contributed by atoms with Crippen LogP contribution in [0.2, 0.25) is 0 Å². The van der Waals surface area contributed by atoms with Gasteiger partial charge in [0.15, 0.2) is 0 Å². The third-order valence-corrected chi connectivity index (χ3v) is 13.7. The molecule has 0 unspecified atom stereocenters. The summed E-state index contributed by atoms with van der Waals surface area (Å²) in [5.74, 6) is 0. The first-order chi connectivity index (χ1) is 36.2. The molecule has 0 spiro atoms. The highest BCUT2D eigenvalue weighted by Crippen LogP contribution is 2.41. The van der Waals surface area contributed by atoms with Crippen molar-refractivity contribution in [1.82, 2.24) is 0 Å². The fraction of sp³-hybridized carbons (Fsp3) is 0. The van der Waals surface area contributed by atoms with Crippen LogP contribution in [0.4, 0.5) is 51.2 Å². The number of nitrogens with zero attached hydrogens (tertiary/aromatic N) is 3. The molecule has 0 aliphatic carbocycles. The maximum Gasteiger partial charge on any atom is 0.0468 e. The molecule has 0 amide bonds. The zero-order valence-electron chi connectivity index (χ0n) is 40.3. The van der Waals surface area contributed by atoms with Gasteiger partial charge in [-0.15, -0.1) is 0 Å². The Bertz CT molecular complexity index is 3500. The number of benzene rings is 12. The van der Waals surface area contributed by atoms with Gasteiger partial charge in [-0.05, 0) is 164 Å². The molecule has 0 fully saturated rings. The summed E-state index contributed by atoms with van der Waals surface area (Å²) >= 11 is 0. The Kier molecular flexibility index (Phi) is 12.4. The molecule has 0 aliphatic heterocycles. The highest BCUT2D eigenvalue weighted by Gasteiger charge is 2.17. The van der Waals surface area contributed by atoms with Crippen molar-refractivity contribution in [2.45, 2.75) is 0 Å². The summed E-state index contributed by atoms with van der Waals surface area (Å²) in [4.78, 5) is 6.99. The lowest BCUT2D eigenvalue weighted by Crippen LogP contribution is -2.10. The highest BCUT2D eigenvalue weighted by molar-refractivity contribution is 5.90. The van der Waals surface area contributed by atoms with Crippen LogP contribution < -0.4 is 14.7 Å². The summed E-state index contributed by atoms with van der Waals surface area (Å²) in [5.41, 5.74) is 19.3. The summed E-state index contributed by atoms with van der Waals surface area (Å²) in [6.45, 7) is 0. The molecule has 0 aromatic heterocycles. The van der Waals surface area contributed by atoms with Crippen LogP contribution in [0.3, 0.4) is 0 Å². The average Bonchev–Trinajstić information content (AvgIpc) is 3.47. The van der Waals surface area contributed by atoms with Crippen LogP contribution in [0.1, 0.15) is 0 Å². The third kappa shape index (κ3) is 9.51. The molecule has 346 valence electrons. The zero-order valence-corrected chi connectivity index (χ0v) is 40.3. The molecule has 12 aromatic rings. The molecular formula is C70H51N3. The second-order valence-electron chi connectivity index (χ2n) is 18.2. The molecule has 12 rings (SSSR count). The molecule has 0 heterocycles. The minimum absolute atomic E-state index is 1.08.